The molecular weight excluding hydrogens is 289 g/mol. The van der Waals surface area contributed by atoms with Crippen LogP contribution < -0.4 is 5.32 Å². The summed E-state index contributed by atoms with van der Waals surface area (Å²) < 4.78 is 1.03. The lowest BCUT2D eigenvalue weighted by atomic mass is 10.1. The molecule has 0 saturated carbocycles. The second kappa shape index (κ2) is 6.26. The van der Waals surface area contributed by atoms with Crippen molar-refractivity contribution in [3.63, 3.8) is 0 Å². The van der Waals surface area contributed by atoms with E-state index in [9.17, 15) is 4.79 Å². The highest BCUT2D eigenvalue weighted by Crippen LogP contribution is 2.16. The highest BCUT2D eigenvalue weighted by molar-refractivity contribution is 9.10. The first kappa shape index (κ1) is 13.5. The highest BCUT2D eigenvalue weighted by atomic mass is 79.9. The minimum atomic E-state index is -0.153. The molecule has 2 unspecified atom stereocenters. The minimum absolute atomic E-state index is 0.00580. The molecule has 0 heterocycles. The van der Waals surface area contributed by atoms with Crippen molar-refractivity contribution in [1.82, 2.24) is 5.32 Å². The average molecular weight is 305 g/mol. The Morgan fingerprint density at radius 2 is 1.94 bits per heavy atom. The van der Waals surface area contributed by atoms with Crippen molar-refractivity contribution in [2.45, 2.75) is 19.9 Å². The van der Waals surface area contributed by atoms with Crippen LogP contribution in [0.2, 0.25) is 0 Å². The molecule has 0 bridgehead atoms. The third-order valence-corrected chi connectivity index (χ3v) is 3.40. The first-order valence-corrected chi connectivity index (χ1v) is 6.49. The second-order valence-corrected chi connectivity index (χ2v) is 5.06. The molecule has 4 heteroatoms. The third-order valence-electron chi connectivity index (χ3n) is 2.41. The summed E-state index contributed by atoms with van der Waals surface area (Å²) in [5, 5.41) is 2.93. The average Bonchev–Trinajstić information content (AvgIpc) is 2.28. The minimum Gasteiger partial charge on any atom is -0.349 e. The van der Waals surface area contributed by atoms with Gasteiger partial charge in [0.15, 0.2) is 0 Å². The SMILES string of the molecule is CC(CCl)C(=O)NC(C)c1ccc(Br)cc1. The lowest BCUT2D eigenvalue weighted by Gasteiger charge is -2.16. The number of benzene rings is 1. The number of hydrogen-bond acceptors (Lipinski definition) is 1. The van der Waals surface area contributed by atoms with E-state index < -0.39 is 0 Å². The van der Waals surface area contributed by atoms with Crippen LogP contribution in [-0.4, -0.2) is 11.8 Å². The molecule has 0 aliphatic rings. The number of nitrogens with one attached hydrogen (secondary N) is 1. The summed E-state index contributed by atoms with van der Waals surface area (Å²) in [4.78, 5) is 11.6. The Balaban J connectivity index is 2.62. The molecule has 2 atom stereocenters. The maximum absolute atomic E-state index is 11.6. The van der Waals surface area contributed by atoms with Gasteiger partial charge >= 0.3 is 0 Å². The number of hydrogen-bond donors (Lipinski definition) is 1. The molecule has 0 spiro atoms. The van der Waals surface area contributed by atoms with E-state index in [0.717, 1.165) is 10.0 Å². The van der Waals surface area contributed by atoms with Gasteiger partial charge in [-0.1, -0.05) is 35.0 Å². The maximum atomic E-state index is 11.6. The van der Waals surface area contributed by atoms with Crippen molar-refractivity contribution in [3.8, 4) is 0 Å². The van der Waals surface area contributed by atoms with E-state index in [2.05, 4.69) is 21.2 Å². The highest BCUT2D eigenvalue weighted by Gasteiger charge is 2.14. The van der Waals surface area contributed by atoms with Crippen LogP contribution in [0.4, 0.5) is 0 Å². The van der Waals surface area contributed by atoms with E-state index in [1.165, 1.54) is 0 Å². The quantitative estimate of drug-likeness (QED) is 0.848. The lowest BCUT2D eigenvalue weighted by molar-refractivity contribution is -0.124. The molecular formula is C12H15BrClNO. The molecule has 1 N–H and O–H groups in total. The first-order chi connectivity index (χ1) is 7.54. The summed E-state index contributed by atoms with van der Waals surface area (Å²) in [6.07, 6.45) is 0. The number of rotatable bonds is 4. The van der Waals surface area contributed by atoms with E-state index in [1.54, 1.807) is 0 Å². The van der Waals surface area contributed by atoms with Crippen LogP contribution in [0.15, 0.2) is 28.7 Å². The molecule has 88 valence electrons. The van der Waals surface area contributed by atoms with Crippen LogP contribution in [-0.2, 0) is 4.79 Å². The molecule has 0 radical (unpaired) electrons. The summed E-state index contributed by atoms with van der Waals surface area (Å²) in [5.74, 6) is 0.184. The van der Waals surface area contributed by atoms with E-state index in [4.69, 9.17) is 11.6 Å². The zero-order valence-electron chi connectivity index (χ0n) is 9.34. The molecule has 1 aromatic carbocycles. The molecule has 0 fully saturated rings. The number of carbonyl (C=O) groups is 1. The largest absolute Gasteiger partial charge is 0.349 e. The zero-order valence-corrected chi connectivity index (χ0v) is 11.7. The monoisotopic (exact) mass is 303 g/mol. The fourth-order valence-electron chi connectivity index (χ4n) is 1.26. The van der Waals surface area contributed by atoms with Crippen LogP contribution in [0.5, 0.6) is 0 Å². The predicted molar refractivity (Wildman–Crippen MR) is 70.6 cm³/mol. The summed E-state index contributed by atoms with van der Waals surface area (Å²) in [6, 6.07) is 7.90. The Bertz CT molecular complexity index is 353. The van der Waals surface area contributed by atoms with Crippen molar-refractivity contribution in [1.29, 1.82) is 0 Å². The molecule has 1 rings (SSSR count). The van der Waals surface area contributed by atoms with E-state index in [0.29, 0.717) is 5.88 Å². The normalized spacial score (nSPS) is 14.2. The maximum Gasteiger partial charge on any atom is 0.224 e. The van der Waals surface area contributed by atoms with Crippen LogP contribution in [0, 0.1) is 5.92 Å². The van der Waals surface area contributed by atoms with Gasteiger partial charge in [-0.25, -0.2) is 0 Å². The van der Waals surface area contributed by atoms with Gasteiger partial charge in [0, 0.05) is 16.3 Å². The van der Waals surface area contributed by atoms with Gasteiger partial charge in [-0.15, -0.1) is 11.6 Å². The van der Waals surface area contributed by atoms with E-state index in [-0.39, 0.29) is 17.9 Å². The predicted octanol–water partition coefficient (Wildman–Crippen LogP) is 3.50. The molecule has 0 aromatic heterocycles. The van der Waals surface area contributed by atoms with Crippen molar-refractivity contribution < 1.29 is 4.79 Å². The third kappa shape index (κ3) is 3.80. The standard InChI is InChI=1S/C12H15BrClNO/c1-8(7-14)12(16)15-9(2)10-3-5-11(13)6-4-10/h3-6,8-9H,7H2,1-2H3,(H,15,16). The van der Waals surface area contributed by atoms with Gasteiger partial charge in [0.2, 0.25) is 5.91 Å². The zero-order chi connectivity index (χ0) is 12.1. The lowest BCUT2D eigenvalue weighted by Crippen LogP contribution is -2.32. The second-order valence-electron chi connectivity index (χ2n) is 3.84. The Morgan fingerprint density at radius 3 is 2.44 bits per heavy atom. The van der Waals surface area contributed by atoms with E-state index >= 15 is 0 Å². The van der Waals surface area contributed by atoms with E-state index in [1.807, 2.05) is 38.1 Å². The van der Waals surface area contributed by atoms with Crippen molar-refractivity contribution in [2.24, 2.45) is 5.92 Å². The van der Waals surface area contributed by atoms with Crippen LogP contribution in [0.1, 0.15) is 25.5 Å². The molecule has 1 amide bonds. The van der Waals surface area contributed by atoms with Gasteiger partial charge in [0.1, 0.15) is 0 Å². The molecule has 0 aliphatic carbocycles. The smallest absolute Gasteiger partial charge is 0.224 e. The fraction of sp³-hybridized carbons (Fsp3) is 0.417. The van der Waals surface area contributed by atoms with Gasteiger partial charge in [-0.2, -0.15) is 0 Å². The Kier molecular flexibility index (Phi) is 5.29. The van der Waals surface area contributed by atoms with Crippen molar-refractivity contribution in [2.75, 3.05) is 5.88 Å². The Hall–Kier alpha value is -0.540. The molecule has 2 nitrogen and oxygen atoms in total. The number of halogens is 2. The van der Waals surface area contributed by atoms with Gasteiger partial charge in [0.25, 0.3) is 0 Å². The van der Waals surface area contributed by atoms with Gasteiger partial charge in [-0.3, -0.25) is 4.79 Å². The Morgan fingerprint density at radius 1 is 1.38 bits per heavy atom. The summed E-state index contributed by atoms with van der Waals surface area (Å²) in [6.45, 7) is 3.78. The summed E-state index contributed by atoms with van der Waals surface area (Å²) >= 11 is 9.01. The van der Waals surface area contributed by atoms with Crippen LogP contribution >= 0.6 is 27.5 Å². The fourth-order valence-corrected chi connectivity index (χ4v) is 1.66. The number of carbonyl (C=O) groups excluding carboxylic acids is 1. The van der Waals surface area contributed by atoms with Gasteiger partial charge in [-0.05, 0) is 24.6 Å². The molecule has 0 aliphatic heterocycles. The van der Waals surface area contributed by atoms with Crippen molar-refractivity contribution in [3.05, 3.63) is 34.3 Å². The number of alkyl halides is 1. The molecule has 16 heavy (non-hydrogen) atoms. The van der Waals surface area contributed by atoms with Crippen LogP contribution in [0.3, 0.4) is 0 Å². The Labute approximate surface area is 110 Å². The number of amides is 1. The topological polar surface area (TPSA) is 29.1 Å². The first-order valence-electron chi connectivity index (χ1n) is 5.16. The molecule has 0 saturated heterocycles. The van der Waals surface area contributed by atoms with Crippen LogP contribution in [0.25, 0.3) is 0 Å². The van der Waals surface area contributed by atoms with Gasteiger partial charge < -0.3 is 5.32 Å². The summed E-state index contributed by atoms with van der Waals surface area (Å²) in [7, 11) is 0. The molecule has 1 aromatic rings. The van der Waals surface area contributed by atoms with Gasteiger partial charge in [0.05, 0.1) is 6.04 Å². The summed E-state index contributed by atoms with van der Waals surface area (Å²) in [5.41, 5.74) is 1.08. The van der Waals surface area contributed by atoms with Crippen molar-refractivity contribution >= 4 is 33.4 Å².